The first-order valence-corrected chi connectivity index (χ1v) is 40.9. The van der Waals surface area contributed by atoms with Crippen LogP contribution in [0.5, 0.6) is 0 Å². The lowest BCUT2D eigenvalue weighted by atomic mass is 9.97. The van der Waals surface area contributed by atoms with Crippen molar-refractivity contribution in [3.63, 3.8) is 0 Å². The maximum absolute atomic E-state index is 13.4. The SMILES string of the molecule is CCCCCCC/C=C\C/C=C\CCCCCCCCCCCCCCCCCCCC(=O)NC(COC1OC(CO)C(OC2OC(CO)C(O)C(O)C2O)C(O)C1O)C(O)/C=C/CC/C=C/CCCCCCCCCCCCCCCCCCCCCCCCCCCCC. The quantitative estimate of drug-likeness (QED) is 0.0204. The molecule has 96 heavy (non-hydrogen) atoms. The number of hydrogen-bond donors (Lipinski definition) is 9. The van der Waals surface area contributed by atoms with E-state index in [0.29, 0.717) is 12.8 Å². The molecule has 2 rings (SSSR count). The molecule has 1 amide bonds. The monoisotopic (exact) mass is 1360 g/mol. The molecule has 2 heterocycles. The molecular formula is C82H153NO13. The third-order valence-corrected chi connectivity index (χ3v) is 20.0. The summed E-state index contributed by atoms with van der Waals surface area (Å²) in [7, 11) is 0. The Morgan fingerprint density at radius 1 is 0.375 bits per heavy atom. The van der Waals surface area contributed by atoms with E-state index in [4.69, 9.17) is 18.9 Å². The molecule has 0 aromatic heterocycles. The molecule has 2 saturated heterocycles. The fourth-order valence-corrected chi connectivity index (χ4v) is 13.5. The van der Waals surface area contributed by atoms with E-state index in [1.165, 1.54) is 302 Å². The highest BCUT2D eigenvalue weighted by Crippen LogP contribution is 2.30. The third kappa shape index (κ3) is 48.7. The van der Waals surface area contributed by atoms with Crippen molar-refractivity contribution in [2.45, 2.75) is 447 Å². The summed E-state index contributed by atoms with van der Waals surface area (Å²) in [6, 6.07) is -0.934. The van der Waals surface area contributed by atoms with Gasteiger partial charge in [-0.15, -0.1) is 0 Å². The molecule has 2 aliphatic heterocycles. The van der Waals surface area contributed by atoms with Gasteiger partial charge in [0.25, 0.3) is 0 Å². The lowest BCUT2D eigenvalue weighted by Gasteiger charge is -2.46. The van der Waals surface area contributed by atoms with Crippen molar-refractivity contribution in [3.8, 4) is 0 Å². The summed E-state index contributed by atoms with van der Waals surface area (Å²) in [5.41, 5.74) is 0. The fourth-order valence-electron chi connectivity index (χ4n) is 13.5. The zero-order valence-electron chi connectivity index (χ0n) is 61.9. The van der Waals surface area contributed by atoms with Crippen LogP contribution in [0.4, 0.5) is 0 Å². The molecule has 14 nitrogen and oxygen atoms in total. The predicted molar refractivity (Wildman–Crippen MR) is 397 cm³/mol. The molecule has 0 radical (unpaired) electrons. The van der Waals surface area contributed by atoms with E-state index in [0.717, 1.165) is 38.5 Å². The van der Waals surface area contributed by atoms with E-state index >= 15 is 0 Å². The number of carbonyl (C=O) groups is 1. The van der Waals surface area contributed by atoms with Gasteiger partial charge in [0.15, 0.2) is 12.6 Å². The lowest BCUT2D eigenvalue weighted by molar-refractivity contribution is -0.359. The van der Waals surface area contributed by atoms with E-state index in [9.17, 15) is 45.6 Å². The Balaban J connectivity index is 1.62. The average molecular weight is 1360 g/mol. The molecule has 0 bridgehead atoms. The van der Waals surface area contributed by atoms with Crippen LogP contribution in [0.15, 0.2) is 48.6 Å². The summed E-state index contributed by atoms with van der Waals surface area (Å²) in [6.45, 7) is 2.83. The second-order valence-electron chi connectivity index (χ2n) is 28.9. The highest BCUT2D eigenvalue weighted by molar-refractivity contribution is 5.76. The molecule has 12 unspecified atom stereocenters. The van der Waals surface area contributed by atoms with Crippen LogP contribution in [0, 0.1) is 0 Å². The van der Waals surface area contributed by atoms with E-state index in [-0.39, 0.29) is 18.9 Å². The Kier molecular flexibility index (Phi) is 62.1. The van der Waals surface area contributed by atoms with Gasteiger partial charge in [-0.3, -0.25) is 4.79 Å². The number of amides is 1. The number of rotatable bonds is 69. The number of aliphatic hydroxyl groups is 8. The zero-order chi connectivity index (χ0) is 69.4. The number of carbonyl (C=O) groups excluding carboxylic acids is 1. The molecule has 564 valence electrons. The number of allylic oxidation sites excluding steroid dienone is 7. The number of hydrogen-bond acceptors (Lipinski definition) is 13. The van der Waals surface area contributed by atoms with Crippen molar-refractivity contribution in [1.29, 1.82) is 0 Å². The van der Waals surface area contributed by atoms with Gasteiger partial charge in [0.05, 0.1) is 32.0 Å². The summed E-state index contributed by atoms with van der Waals surface area (Å²) < 4.78 is 22.9. The first kappa shape index (κ1) is 90.0. The maximum Gasteiger partial charge on any atom is 0.220 e. The molecule has 12 atom stereocenters. The summed E-state index contributed by atoms with van der Waals surface area (Å²) in [6.07, 6.45) is 72.0. The van der Waals surface area contributed by atoms with Crippen molar-refractivity contribution in [2.24, 2.45) is 0 Å². The second kappa shape index (κ2) is 66.2. The molecule has 0 aliphatic carbocycles. The fraction of sp³-hybridized carbons (Fsp3) is 0.890. The van der Waals surface area contributed by atoms with Gasteiger partial charge in [-0.1, -0.05) is 351 Å². The Bertz CT molecular complexity index is 1800. The van der Waals surface area contributed by atoms with Gasteiger partial charge in [-0.2, -0.15) is 0 Å². The van der Waals surface area contributed by atoms with Gasteiger partial charge < -0.3 is 65.1 Å². The van der Waals surface area contributed by atoms with Gasteiger partial charge in [-0.25, -0.2) is 0 Å². The average Bonchev–Trinajstić information content (AvgIpc) is 0.854. The van der Waals surface area contributed by atoms with Crippen molar-refractivity contribution in [1.82, 2.24) is 5.32 Å². The molecule has 0 spiro atoms. The van der Waals surface area contributed by atoms with E-state index < -0.39 is 86.8 Å². The number of nitrogens with one attached hydrogen (secondary N) is 1. The largest absolute Gasteiger partial charge is 0.394 e. The molecule has 2 fully saturated rings. The smallest absolute Gasteiger partial charge is 0.220 e. The Hall–Kier alpha value is -2.05. The molecular weight excluding hydrogens is 1210 g/mol. The number of ether oxygens (including phenoxy) is 4. The van der Waals surface area contributed by atoms with Crippen LogP contribution in [0.25, 0.3) is 0 Å². The van der Waals surface area contributed by atoms with Crippen molar-refractivity contribution >= 4 is 5.91 Å². The molecule has 14 heteroatoms. The van der Waals surface area contributed by atoms with E-state index in [1.54, 1.807) is 6.08 Å². The van der Waals surface area contributed by atoms with E-state index in [1.807, 2.05) is 6.08 Å². The molecule has 0 aromatic rings. The van der Waals surface area contributed by atoms with Gasteiger partial charge in [0.2, 0.25) is 5.91 Å². The topological polar surface area (TPSA) is 228 Å². The van der Waals surface area contributed by atoms with Crippen LogP contribution >= 0.6 is 0 Å². The predicted octanol–water partition coefficient (Wildman–Crippen LogP) is 18.6. The normalized spacial score (nSPS) is 22.4. The summed E-state index contributed by atoms with van der Waals surface area (Å²) in [5.74, 6) is -0.243. The number of unbranched alkanes of at least 4 members (excludes halogenated alkanes) is 50. The molecule has 9 N–H and O–H groups in total. The minimum absolute atomic E-state index is 0.243. The van der Waals surface area contributed by atoms with Gasteiger partial charge in [0.1, 0.15) is 48.8 Å². The standard InChI is InChI=1S/C82H153NO13/c1-3-5-7-9-11-13-15-17-19-21-23-25-27-29-31-33-34-35-36-38-39-41-43-45-47-49-51-53-55-57-59-61-63-65-71(86)70(69-93-81-79(92)77(90)80(73(68-85)95-81)96-82-78(91)76(89)75(88)72(67-84)94-82)83-74(87)66-64-62-60-58-56-54-52-50-48-46-44-42-40-37-32-30-28-26-24-22-20-18-16-14-12-10-8-6-4-2/h16,18,22,24,55,57,63,65,70-73,75-82,84-86,88-92H,3-15,17,19-21,23,25-54,56,58-62,64,66-69H2,1-2H3,(H,83,87)/b18-16-,24-22-,57-55+,65-63+. The second-order valence-corrected chi connectivity index (χ2v) is 28.9. The number of aliphatic hydroxyl groups excluding tert-OH is 8. The van der Waals surface area contributed by atoms with Crippen molar-refractivity contribution in [3.05, 3.63) is 48.6 Å². The Morgan fingerprint density at radius 2 is 0.698 bits per heavy atom. The maximum atomic E-state index is 13.4. The highest BCUT2D eigenvalue weighted by atomic mass is 16.7. The van der Waals surface area contributed by atoms with Gasteiger partial charge >= 0.3 is 0 Å². The first-order chi connectivity index (χ1) is 47.1. The zero-order valence-corrected chi connectivity index (χ0v) is 61.9. The molecule has 0 aromatic carbocycles. The van der Waals surface area contributed by atoms with Crippen LogP contribution in [-0.4, -0.2) is 140 Å². The Labute approximate surface area is 588 Å². The highest BCUT2D eigenvalue weighted by Gasteiger charge is 2.51. The first-order valence-electron chi connectivity index (χ1n) is 40.9. The van der Waals surface area contributed by atoms with Crippen LogP contribution < -0.4 is 5.32 Å². The molecule has 2 aliphatic rings. The van der Waals surface area contributed by atoms with Crippen molar-refractivity contribution < 1.29 is 64.6 Å². The lowest BCUT2D eigenvalue weighted by Crippen LogP contribution is -2.65. The summed E-state index contributed by atoms with van der Waals surface area (Å²) in [4.78, 5) is 13.4. The Morgan fingerprint density at radius 3 is 1.08 bits per heavy atom. The minimum atomic E-state index is -1.79. The summed E-state index contributed by atoms with van der Waals surface area (Å²) in [5, 5.41) is 87.7. The van der Waals surface area contributed by atoms with Crippen LogP contribution in [-0.2, 0) is 23.7 Å². The molecule has 0 saturated carbocycles. The van der Waals surface area contributed by atoms with Crippen LogP contribution in [0.3, 0.4) is 0 Å². The van der Waals surface area contributed by atoms with E-state index in [2.05, 4.69) is 55.6 Å². The third-order valence-electron chi connectivity index (χ3n) is 20.0. The van der Waals surface area contributed by atoms with Gasteiger partial charge in [0, 0.05) is 6.42 Å². The van der Waals surface area contributed by atoms with Gasteiger partial charge in [-0.05, 0) is 64.2 Å². The van der Waals surface area contributed by atoms with Crippen LogP contribution in [0.1, 0.15) is 373 Å². The summed E-state index contributed by atoms with van der Waals surface area (Å²) >= 11 is 0. The minimum Gasteiger partial charge on any atom is -0.394 e. The van der Waals surface area contributed by atoms with Crippen molar-refractivity contribution in [2.75, 3.05) is 19.8 Å². The van der Waals surface area contributed by atoms with Crippen LogP contribution in [0.2, 0.25) is 0 Å².